The Labute approximate surface area is 172 Å². The third-order valence-electron chi connectivity index (χ3n) is 5.51. The molecule has 2 heterocycles. The Kier molecular flexibility index (Phi) is 5.94. The molecule has 4 rings (SSSR count). The van der Waals surface area contributed by atoms with E-state index in [1.54, 1.807) is 13.4 Å². The molecule has 0 amide bonds. The summed E-state index contributed by atoms with van der Waals surface area (Å²) in [6.45, 7) is 4.86. The van der Waals surface area contributed by atoms with E-state index >= 15 is 0 Å². The molecule has 1 fully saturated rings. The van der Waals surface area contributed by atoms with Gasteiger partial charge in [-0.1, -0.05) is 12.1 Å². The van der Waals surface area contributed by atoms with Crippen LogP contribution in [0.3, 0.4) is 0 Å². The maximum absolute atomic E-state index is 6.04. The fraction of sp³-hybridized carbons (Fsp3) is 0.333. The van der Waals surface area contributed by atoms with Crippen molar-refractivity contribution >= 4 is 5.69 Å². The van der Waals surface area contributed by atoms with Crippen molar-refractivity contribution in [2.75, 3.05) is 31.7 Å². The fourth-order valence-corrected chi connectivity index (χ4v) is 3.84. The Hall–Kier alpha value is -3.08. The summed E-state index contributed by atoms with van der Waals surface area (Å²) >= 11 is 0. The van der Waals surface area contributed by atoms with Gasteiger partial charge in [0.15, 0.2) is 0 Å². The van der Waals surface area contributed by atoms with Gasteiger partial charge in [0.2, 0.25) is 0 Å². The second kappa shape index (κ2) is 8.95. The van der Waals surface area contributed by atoms with Gasteiger partial charge < -0.3 is 14.4 Å². The van der Waals surface area contributed by atoms with Crippen LogP contribution in [-0.4, -0.2) is 36.8 Å². The number of piperidine rings is 1. The van der Waals surface area contributed by atoms with Gasteiger partial charge in [-0.2, -0.15) is 0 Å². The van der Waals surface area contributed by atoms with E-state index in [1.807, 2.05) is 30.6 Å². The summed E-state index contributed by atoms with van der Waals surface area (Å²) in [5, 5.41) is 0. The Morgan fingerprint density at radius 3 is 2.52 bits per heavy atom. The highest BCUT2D eigenvalue weighted by Crippen LogP contribution is 2.35. The summed E-state index contributed by atoms with van der Waals surface area (Å²) in [5.41, 5.74) is 4.57. The lowest BCUT2D eigenvalue weighted by Crippen LogP contribution is -2.35. The average molecular weight is 389 g/mol. The van der Waals surface area contributed by atoms with E-state index in [0.717, 1.165) is 55.2 Å². The monoisotopic (exact) mass is 389 g/mol. The van der Waals surface area contributed by atoms with Gasteiger partial charge in [-0.15, -0.1) is 0 Å². The van der Waals surface area contributed by atoms with Crippen LogP contribution in [0.25, 0.3) is 11.1 Å². The number of aromatic nitrogens is 2. The van der Waals surface area contributed by atoms with Gasteiger partial charge in [0.05, 0.1) is 13.7 Å². The standard InChI is InChI=1S/C24H27N3O2/c1-18-4-3-5-22(12-18)29-16-19-8-10-27(11-9-19)24-13-21(28-2)6-7-23(24)20-14-25-17-26-15-20/h3-7,12-15,17,19H,8-11,16H2,1-2H3. The number of hydrogen-bond acceptors (Lipinski definition) is 5. The number of methoxy groups -OCH3 is 1. The van der Waals surface area contributed by atoms with Gasteiger partial charge in [-0.25, -0.2) is 9.97 Å². The summed E-state index contributed by atoms with van der Waals surface area (Å²) in [6, 6.07) is 14.5. The first-order chi connectivity index (χ1) is 14.2. The molecule has 5 nitrogen and oxygen atoms in total. The van der Waals surface area contributed by atoms with E-state index < -0.39 is 0 Å². The molecular formula is C24H27N3O2. The van der Waals surface area contributed by atoms with E-state index in [-0.39, 0.29) is 0 Å². The van der Waals surface area contributed by atoms with Crippen molar-refractivity contribution in [1.29, 1.82) is 0 Å². The number of ether oxygens (including phenoxy) is 2. The first-order valence-electron chi connectivity index (χ1n) is 10.1. The summed E-state index contributed by atoms with van der Waals surface area (Å²) in [7, 11) is 1.71. The number of benzene rings is 2. The van der Waals surface area contributed by atoms with Crippen molar-refractivity contribution < 1.29 is 9.47 Å². The Morgan fingerprint density at radius 1 is 1.00 bits per heavy atom. The predicted molar refractivity (Wildman–Crippen MR) is 116 cm³/mol. The highest BCUT2D eigenvalue weighted by atomic mass is 16.5. The number of hydrogen-bond donors (Lipinski definition) is 0. The molecule has 1 saturated heterocycles. The van der Waals surface area contributed by atoms with Crippen molar-refractivity contribution in [2.24, 2.45) is 5.92 Å². The minimum absolute atomic E-state index is 0.570. The van der Waals surface area contributed by atoms with Crippen molar-refractivity contribution in [2.45, 2.75) is 19.8 Å². The van der Waals surface area contributed by atoms with E-state index in [9.17, 15) is 0 Å². The van der Waals surface area contributed by atoms with Crippen molar-refractivity contribution in [3.05, 3.63) is 66.7 Å². The molecule has 5 heteroatoms. The molecule has 1 aliphatic rings. The fourth-order valence-electron chi connectivity index (χ4n) is 3.84. The van der Waals surface area contributed by atoms with E-state index in [0.29, 0.717) is 5.92 Å². The van der Waals surface area contributed by atoms with Gasteiger partial charge in [-0.05, 0) is 55.5 Å². The molecule has 1 aliphatic heterocycles. The van der Waals surface area contributed by atoms with Crippen LogP contribution < -0.4 is 14.4 Å². The molecular weight excluding hydrogens is 362 g/mol. The second-order valence-corrected chi connectivity index (χ2v) is 7.57. The van der Waals surface area contributed by atoms with Gasteiger partial charge in [-0.3, -0.25) is 0 Å². The zero-order valence-electron chi connectivity index (χ0n) is 17.0. The summed E-state index contributed by atoms with van der Waals surface area (Å²) in [4.78, 5) is 10.8. The molecule has 0 bridgehead atoms. The average Bonchev–Trinajstić information content (AvgIpc) is 2.78. The molecule has 0 unspecified atom stereocenters. The molecule has 0 aliphatic carbocycles. The smallest absolute Gasteiger partial charge is 0.120 e. The van der Waals surface area contributed by atoms with Crippen LogP contribution in [0, 0.1) is 12.8 Å². The molecule has 29 heavy (non-hydrogen) atoms. The highest BCUT2D eigenvalue weighted by Gasteiger charge is 2.22. The normalized spacial score (nSPS) is 14.6. The SMILES string of the molecule is COc1ccc(-c2cncnc2)c(N2CCC(COc3cccc(C)c3)CC2)c1. The molecule has 1 aromatic heterocycles. The first-order valence-corrected chi connectivity index (χ1v) is 10.1. The Morgan fingerprint density at radius 2 is 1.79 bits per heavy atom. The number of rotatable bonds is 6. The van der Waals surface area contributed by atoms with E-state index in [1.165, 1.54) is 11.3 Å². The maximum Gasteiger partial charge on any atom is 0.120 e. The lowest BCUT2D eigenvalue weighted by atomic mass is 9.96. The van der Waals surface area contributed by atoms with Gasteiger partial charge >= 0.3 is 0 Å². The zero-order valence-corrected chi connectivity index (χ0v) is 17.0. The van der Waals surface area contributed by atoms with Crippen LogP contribution in [0.2, 0.25) is 0 Å². The molecule has 150 valence electrons. The van der Waals surface area contributed by atoms with Gasteiger partial charge in [0.25, 0.3) is 0 Å². The van der Waals surface area contributed by atoms with Crippen LogP contribution in [0.15, 0.2) is 61.2 Å². The van der Waals surface area contributed by atoms with E-state index in [2.05, 4.69) is 46.1 Å². The molecule has 0 N–H and O–H groups in total. The maximum atomic E-state index is 6.04. The third kappa shape index (κ3) is 4.67. The lowest BCUT2D eigenvalue weighted by molar-refractivity contribution is 0.223. The lowest BCUT2D eigenvalue weighted by Gasteiger charge is -2.35. The molecule has 0 saturated carbocycles. The number of aryl methyl sites for hydroxylation is 1. The minimum atomic E-state index is 0.570. The highest BCUT2D eigenvalue weighted by molar-refractivity contribution is 5.79. The summed E-state index contributed by atoms with van der Waals surface area (Å²) in [5.74, 6) is 2.40. The third-order valence-corrected chi connectivity index (χ3v) is 5.51. The van der Waals surface area contributed by atoms with Crippen LogP contribution in [0.4, 0.5) is 5.69 Å². The zero-order chi connectivity index (χ0) is 20.1. The second-order valence-electron chi connectivity index (χ2n) is 7.57. The molecule has 3 aromatic rings. The quantitative estimate of drug-likeness (QED) is 0.608. The molecule has 0 atom stereocenters. The van der Waals surface area contributed by atoms with Crippen LogP contribution in [0.5, 0.6) is 11.5 Å². The largest absolute Gasteiger partial charge is 0.497 e. The summed E-state index contributed by atoms with van der Waals surface area (Å²) < 4.78 is 11.5. The number of nitrogens with zero attached hydrogens (tertiary/aromatic N) is 3. The minimum Gasteiger partial charge on any atom is -0.497 e. The van der Waals surface area contributed by atoms with Crippen LogP contribution >= 0.6 is 0 Å². The van der Waals surface area contributed by atoms with E-state index in [4.69, 9.17) is 9.47 Å². The molecule has 2 aromatic carbocycles. The van der Waals surface area contributed by atoms with Crippen LogP contribution in [0.1, 0.15) is 18.4 Å². The molecule has 0 spiro atoms. The first kappa shape index (κ1) is 19.2. The molecule has 0 radical (unpaired) electrons. The predicted octanol–water partition coefficient (Wildman–Crippen LogP) is 4.76. The number of anilines is 1. The van der Waals surface area contributed by atoms with Crippen molar-refractivity contribution in [3.8, 4) is 22.6 Å². The Balaban J connectivity index is 1.44. The summed E-state index contributed by atoms with van der Waals surface area (Å²) in [6.07, 6.45) is 7.50. The van der Waals surface area contributed by atoms with Gasteiger partial charge in [0.1, 0.15) is 17.8 Å². The van der Waals surface area contributed by atoms with Crippen molar-refractivity contribution in [1.82, 2.24) is 9.97 Å². The topological polar surface area (TPSA) is 47.5 Å². The Bertz CT molecular complexity index is 938. The van der Waals surface area contributed by atoms with Gasteiger partial charge in [0, 0.05) is 48.4 Å². The van der Waals surface area contributed by atoms with Crippen molar-refractivity contribution in [3.63, 3.8) is 0 Å². The van der Waals surface area contributed by atoms with Crippen LogP contribution in [-0.2, 0) is 0 Å².